The Labute approximate surface area is 154 Å². The summed E-state index contributed by atoms with van der Waals surface area (Å²) in [5, 5.41) is 8.73. The minimum absolute atomic E-state index is 0.0988. The van der Waals surface area contributed by atoms with Gasteiger partial charge >= 0.3 is 0 Å². The first-order chi connectivity index (χ1) is 11.5. The van der Waals surface area contributed by atoms with Crippen LogP contribution >= 0.6 is 22.6 Å². The molecule has 2 N–H and O–H groups in total. The van der Waals surface area contributed by atoms with E-state index >= 15 is 0 Å². The topological polar surface area (TPSA) is 71.5 Å². The van der Waals surface area contributed by atoms with Crippen LogP contribution in [0, 0.1) is 12.8 Å². The van der Waals surface area contributed by atoms with Gasteiger partial charge in [-0.3, -0.25) is 15.0 Å². The highest BCUT2D eigenvalue weighted by atomic mass is 127. The molecule has 0 bridgehead atoms. The van der Waals surface area contributed by atoms with Crippen molar-refractivity contribution in [2.24, 2.45) is 5.92 Å². The number of rotatable bonds is 6. The lowest BCUT2D eigenvalue weighted by molar-refractivity contribution is -0.130. The number of hydroxylamine groups is 1. The van der Waals surface area contributed by atoms with Crippen LogP contribution in [0.5, 0.6) is 5.75 Å². The van der Waals surface area contributed by atoms with Crippen LogP contribution in [0.15, 0.2) is 42.5 Å². The van der Waals surface area contributed by atoms with E-state index in [4.69, 9.17) is 9.94 Å². The van der Waals surface area contributed by atoms with E-state index in [0.29, 0.717) is 6.61 Å². The quantitative estimate of drug-likeness (QED) is 0.315. The molecule has 24 heavy (non-hydrogen) atoms. The Morgan fingerprint density at radius 2 is 2.12 bits per heavy atom. The summed E-state index contributed by atoms with van der Waals surface area (Å²) in [6.45, 7) is 2.40. The SMILES string of the molecule is Cc1cccc(COc2ccc(CC3(I)C[C@@H]3C(=O)NO)cc2)n1. The van der Waals surface area contributed by atoms with Crippen molar-refractivity contribution in [1.82, 2.24) is 10.5 Å². The number of ether oxygens (including phenoxy) is 1. The predicted molar refractivity (Wildman–Crippen MR) is 98.2 cm³/mol. The highest BCUT2D eigenvalue weighted by Crippen LogP contribution is 2.53. The third-order valence-corrected chi connectivity index (χ3v) is 5.76. The van der Waals surface area contributed by atoms with Crippen LogP contribution in [0.4, 0.5) is 0 Å². The zero-order chi connectivity index (χ0) is 17.2. The Morgan fingerprint density at radius 1 is 1.38 bits per heavy atom. The first-order valence-corrected chi connectivity index (χ1v) is 8.85. The number of hydrogen-bond acceptors (Lipinski definition) is 4. The summed E-state index contributed by atoms with van der Waals surface area (Å²) >= 11 is 2.32. The zero-order valence-electron chi connectivity index (χ0n) is 13.3. The van der Waals surface area contributed by atoms with Crippen LogP contribution in [0.2, 0.25) is 0 Å². The molecule has 0 radical (unpaired) electrons. The standard InChI is InChI=1S/C18H19IN2O3/c1-12-3-2-4-14(20-12)11-24-15-7-5-13(6-8-15)9-18(19)10-16(18)17(22)21-23/h2-8,16,23H,9-11H2,1H3,(H,21,22)/t16-,18?/m1/s1. The number of aryl methyl sites for hydroxylation is 1. The second kappa shape index (κ2) is 7.06. The maximum Gasteiger partial charge on any atom is 0.247 e. The van der Waals surface area contributed by atoms with Crippen molar-refractivity contribution in [3.63, 3.8) is 0 Å². The van der Waals surface area contributed by atoms with Crippen molar-refractivity contribution < 1.29 is 14.7 Å². The van der Waals surface area contributed by atoms with Crippen LogP contribution in [-0.4, -0.2) is 19.5 Å². The van der Waals surface area contributed by atoms with Gasteiger partial charge in [0, 0.05) is 9.12 Å². The lowest BCUT2D eigenvalue weighted by Crippen LogP contribution is -2.24. The summed E-state index contributed by atoms with van der Waals surface area (Å²) in [6, 6.07) is 13.8. The number of hydrogen-bond donors (Lipinski definition) is 2. The fourth-order valence-electron chi connectivity index (χ4n) is 2.76. The molecule has 0 spiro atoms. The van der Waals surface area contributed by atoms with Gasteiger partial charge in [-0.2, -0.15) is 0 Å². The summed E-state index contributed by atoms with van der Waals surface area (Å²) in [7, 11) is 0. The van der Waals surface area contributed by atoms with Gasteiger partial charge in [0.05, 0.1) is 11.6 Å². The van der Waals surface area contributed by atoms with Crippen LogP contribution < -0.4 is 10.2 Å². The molecule has 2 atom stereocenters. The average molecular weight is 438 g/mol. The van der Waals surface area contributed by atoms with Gasteiger partial charge in [-0.25, -0.2) is 5.48 Å². The predicted octanol–water partition coefficient (Wildman–Crippen LogP) is 3.21. The molecule has 0 saturated heterocycles. The number of carbonyl (C=O) groups excluding carboxylic acids is 1. The van der Waals surface area contributed by atoms with Gasteiger partial charge in [-0.15, -0.1) is 0 Å². The molecule has 5 nitrogen and oxygen atoms in total. The number of alkyl halides is 1. The van der Waals surface area contributed by atoms with Crippen LogP contribution in [0.1, 0.15) is 23.4 Å². The van der Waals surface area contributed by atoms with Crippen molar-refractivity contribution in [1.29, 1.82) is 0 Å². The summed E-state index contributed by atoms with van der Waals surface area (Å²) in [5.74, 6) is 0.381. The van der Waals surface area contributed by atoms with E-state index in [2.05, 4.69) is 27.6 Å². The van der Waals surface area contributed by atoms with E-state index < -0.39 is 0 Å². The molecular formula is C18H19IN2O3. The summed E-state index contributed by atoms with van der Waals surface area (Å²) in [6.07, 6.45) is 1.59. The van der Waals surface area contributed by atoms with Gasteiger partial charge in [-0.1, -0.05) is 40.8 Å². The van der Waals surface area contributed by atoms with E-state index in [9.17, 15) is 4.79 Å². The van der Waals surface area contributed by atoms with E-state index in [1.54, 1.807) is 5.48 Å². The molecule has 3 rings (SSSR count). The third kappa shape index (κ3) is 4.05. The van der Waals surface area contributed by atoms with Crippen molar-refractivity contribution in [2.45, 2.75) is 29.8 Å². The Hall–Kier alpha value is -1.67. The van der Waals surface area contributed by atoms with Crippen molar-refractivity contribution >= 4 is 28.5 Å². The van der Waals surface area contributed by atoms with E-state index in [0.717, 1.165) is 35.5 Å². The summed E-state index contributed by atoms with van der Waals surface area (Å²) < 4.78 is 5.66. The second-order valence-electron chi connectivity index (χ2n) is 6.15. The molecule has 1 aliphatic carbocycles. The first kappa shape index (κ1) is 17.2. The molecule has 0 aliphatic heterocycles. The Bertz CT molecular complexity index is 735. The molecule has 1 amide bonds. The van der Waals surface area contributed by atoms with Gasteiger partial charge < -0.3 is 4.74 Å². The van der Waals surface area contributed by atoms with E-state index in [-0.39, 0.29) is 15.2 Å². The maximum atomic E-state index is 11.5. The molecule has 1 aromatic heterocycles. The van der Waals surface area contributed by atoms with Crippen LogP contribution in [0.25, 0.3) is 0 Å². The average Bonchev–Trinajstić information content (AvgIpc) is 3.25. The molecule has 1 aliphatic rings. The minimum Gasteiger partial charge on any atom is -0.487 e. The normalized spacial score (nSPS) is 22.0. The van der Waals surface area contributed by atoms with E-state index in [1.165, 1.54) is 0 Å². The molecule has 1 unspecified atom stereocenters. The number of carbonyl (C=O) groups is 1. The number of amides is 1. The number of aromatic nitrogens is 1. The lowest BCUT2D eigenvalue weighted by atomic mass is 10.1. The molecule has 1 aromatic carbocycles. The van der Waals surface area contributed by atoms with Crippen LogP contribution in [-0.2, 0) is 17.8 Å². The van der Waals surface area contributed by atoms with Gasteiger partial charge in [0.2, 0.25) is 5.91 Å². The van der Waals surface area contributed by atoms with Crippen molar-refractivity contribution in [3.8, 4) is 5.75 Å². The van der Waals surface area contributed by atoms with E-state index in [1.807, 2.05) is 49.4 Å². The Morgan fingerprint density at radius 3 is 2.79 bits per heavy atom. The molecule has 1 saturated carbocycles. The summed E-state index contributed by atoms with van der Waals surface area (Å²) in [4.78, 5) is 15.9. The molecule has 126 valence electrons. The highest BCUT2D eigenvalue weighted by molar-refractivity contribution is 14.1. The van der Waals surface area contributed by atoms with Crippen molar-refractivity contribution in [3.05, 3.63) is 59.4 Å². The fraction of sp³-hybridized carbons (Fsp3) is 0.333. The smallest absolute Gasteiger partial charge is 0.247 e. The summed E-state index contributed by atoms with van der Waals surface area (Å²) in [5.41, 5.74) is 4.78. The number of benzene rings is 1. The van der Waals surface area contributed by atoms with Gasteiger partial charge in [0.15, 0.2) is 0 Å². The first-order valence-electron chi connectivity index (χ1n) is 7.77. The zero-order valence-corrected chi connectivity index (χ0v) is 15.5. The molecule has 1 fully saturated rings. The minimum atomic E-state index is -0.296. The Kier molecular flexibility index (Phi) is 5.05. The molecule has 2 aromatic rings. The highest BCUT2D eigenvalue weighted by Gasteiger charge is 2.56. The van der Waals surface area contributed by atoms with Crippen molar-refractivity contribution in [2.75, 3.05) is 0 Å². The number of nitrogens with one attached hydrogen (secondary N) is 1. The van der Waals surface area contributed by atoms with Gasteiger partial charge in [0.1, 0.15) is 12.4 Å². The number of halogens is 1. The van der Waals surface area contributed by atoms with Gasteiger partial charge in [0.25, 0.3) is 0 Å². The molecular weight excluding hydrogens is 419 g/mol. The number of nitrogens with zero attached hydrogens (tertiary/aromatic N) is 1. The maximum absolute atomic E-state index is 11.5. The second-order valence-corrected chi connectivity index (χ2v) is 8.30. The third-order valence-electron chi connectivity index (χ3n) is 4.19. The molecule has 6 heteroatoms. The fourth-order valence-corrected chi connectivity index (χ4v) is 3.93. The van der Waals surface area contributed by atoms with Gasteiger partial charge in [-0.05, 0) is 49.6 Å². The Balaban J connectivity index is 1.55. The lowest BCUT2D eigenvalue weighted by Gasteiger charge is -2.10. The number of pyridine rings is 1. The largest absolute Gasteiger partial charge is 0.487 e. The van der Waals surface area contributed by atoms with Crippen LogP contribution in [0.3, 0.4) is 0 Å². The molecule has 1 heterocycles. The monoisotopic (exact) mass is 438 g/mol.